The van der Waals surface area contributed by atoms with Crippen LogP contribution in [0.3, 0.4) is 0 Å². The van der Waals surface area contributed by atoms with Crippen molar-refractivity contribution in [3.05, 3.63) is 34.2 Å². The summed E-state index contributed by atoms with van der Waals surface area (Å²) in [6, 6.07) is 1.66. The van der Waals surface area contributed by atoms with Gasteiger partial charge in [0, 0.05) is 18.0 Å². The zero-order valence-electron chi connectivity index (χ0n) is 9.12. The fourth-order valence-electron chi connectivity index (χ4n) is 2.14. The number of hydrogen-bond acceptors (Lipinski definition) is 4. The predicted molar refractivity (Wildman–Crippen MR) is 65.9 cm³/mol. The molecule has 1 saturated heterocycles. The molecule has 7 heteroatoms. The van der Waals surface area contributed by atoms with Crippen molar-refractivity contribution in [2.24, 2.45) is 0 Å². The molecular formula is C11H10Cl2N2O3. The zero-order chi connectivity index (χ0) is 12.9. The molecular weight excluding hydrogens is 279 g/mol. The lowest BCUT2D eigenvalue weighted by Crippen LogP contribution is -2.25. The predicted octanol–water partition coefficient (Wildman–Crippen LogP) is 1.43. The van der Waals surface area contributed by atoms with E-state index in [1.165, 1.54) is 0 Å². The minimum absolute atomic E-state index is 0.0823. The molecule has 1 unspecified atom stereocenters. The van der Waals surface area contributed by atoms with Crippen molar-refractivity contribution in [2.75, 3.05) is 6.61 Å². The summed E-state index contributed by atoms with van der Waals surface area (Å²) in [5.74, 6) is 0. The van der Waals surface area contributed by atoms with E-state index in [-0.39, 0.29) is 6.61 Å². The molecule has 0 bridgehead atoms. The maximum Gasteiger partial charge on any atom is 0.148 e. The van der Waals surface area contributed by atoms with Crippen LogP contribution >= 0.6 is 23.2 Å². The largest absolute Gasteiger partial charge is 0.388 e. The van der Waals surface area contributed by atoms with Crippen LogP contribution in [0.4, 0.5) is 0 Å². The smallest absolute Gasteiger partial charge is 0.148 e. The molecule has 1 aliphatic rings. The number of rotatable bonds is 1. The van der Waals surface area contributed by atoms with Gasteiger partial charge in [0.05, 0.1) is 11.6 Å². The topological polar surface area (TPSA) is 67.0 Å². The Bertz CT molecular complexity index is 601. The van der Waals surface area contributed by atoms with E-state index in [9.17, 15) is 10.2 Å². The average Bonchev–Trinajstić information content (AvgIpc) is 2.82. The number of halogens is 2. The first-order valence-corrected chi connectivity index (χ1v) is 6.13. The second kappa shape index (κ2) is 4.36. The molecule has 0 aromatic carbocycles. The number of aromatic nitrogens is 2. The fourth-order valence-corrected chi connectivity index (χ4v) is 2.55. The summed E-state index contributed by atoms with van der Waals surface area (Å²) in [5, 5.41) is 20.2. The normalized spacial score (nSPS) is 28.1. The van der Waals surface area contributed by atoms with Gasteiger partial charge in [0.25, 0.3) is 0 Å². The number of pyridine rings is 1. The molecule has 2 aromatic rings. The highest BCUT2D eigenvalue weighted by Crippen LogP contribution is 2.33. The summed E-state index contributed by atoms with van der Waals surface area (Å²) >= 11 is 11.9. The van der Waals surface area contributed by atoms with E-state index in [2.05, 4.69) is 4.98 Å². The molecule has 0 saturated carbocycles. The highest BCUT2D eigenvalue weighted by atomic mass is 35.5. The fraction of sp³-hybridized carbons (Fsp3) is 0.364. The first-order chi connectivity index (χ1) is 8.56. The van der Waals surface area contributed by atoms with Crippen LogP contribution in [0.1, 0.15) is 11.7 Å². The van der Waals surface area contributed by atoms with Gasteiger partial charge in [0.15, 0.2) is 0 Å². The summed E-state index contributed by atoms with van der Waals surface area (Å²) in [6.07, 6.45) is 0.725. The molecule has 3 rings (SSSR count). The first kappa shape index (κ1) is 12.2. The van der Waals surface area contributed by atoms with Crippen LogP contribution in [0.5, 0.6) is 0 Å². The van der Waals surface area contributed by atoms with Gasteiger partial charge < -0.3 is 19.4 Å². The molecule has 1 fully saturated rings. The van der Waals surface area contributed by atoms with E-state index in [4.69, 9.17) is 27.9 Å². The van der Waals surface area contributed by atoms with E-state index in [1.54, 1.807) is 22.9 Å². The Morgan fingerprint density at radius 3 is 2.78 bits per heavy atom. The number of nitrogens with zero attached hydrogens (tertiary/aromatic N) is 2. The molecule has 5 nitrogen and oxygen atoms in total. The first-order valence-electron chi connectivity index (χ1n) is 5.37. The van der Waals surface area contributed by atoms with Crippen molar-refractivity contribution in [3.63, 3.8) is 0 Å². The highest BCUT2D eigenvalue weighted by Gasteiger charge is 2.37. The molecule has 0 spiro atoms. The minimum Gasteiger partial charge on any atom is -0.388 e. The Kier molecular flexibility index (Phi) is 2.96. The minimum atomic E-state index is -0.997. The third-order valence-electron chi connectivity index (χ3n) is 2.97. The molecule has 1 aliphatic heterocycles. The van der Waals surface area contributed by atoms with Crippen LogP contribution in [0.2, 0.25) is 10.2 Å². The quantitative estimate of drug-likeness (QED) is 0.833. The molecule has 96 valence electrons. The van der Waals surface area contributed by atoms with Gasteiger partial charge in [-0.15, -0.1) is 0 Å². The number of aliphatic hydroxyl groups excluding tert-OH is 2. The van der Waals surface area contributed by atoms with Crippen LogP contribution < -0.4 is 0 Å². The van der Waals surface area contributed by atoms with Crippen molar-refractivity contribution in [2.45, 2.75) is 18.3 Å². The summed E-state index contributed by atoms with van der Waals surface area (Å²) in [5.41, 5.74) is 1.17. The lowest BCUT2D eigenvalue weighted by Gasteiger charge is -2.16. The van der Waals surface area contributed by atoms with Gasteiger partial charge in [-0.25, -0.2) is 4.98 Å². The van der Waals surface area contributed by atoms with Crippen LogP contribution in [-0.2, 0) is 4.74 Å². The lowest BCUT2D eigenvalue weighted by atomic mass is 10.0. The van der Waals surface area contributed by atoms with Gasteiger partial charge in [0.2, 0.25) is 0 Å². The second-order valence-electron chi connectivity index (χ2n) is 4.22. The summed E-state index contributed by atoms with van der Waals surface area (Å²) in [6.45, 7) is 0.0823. The summed E-state index contributed by atoms with van der Waals surface area (Å²) in [4.78, 5) is 4.16. The standard InChI is InChI=1S/C11H10Cl2N2O3/c12-5-1-6(10-9(17)7(16)4-18-10)11-14-8(13)3-15(11)2-5/h1-3,7,9-10,16-17H,4H2/t7-,9-,10?/m0/s1. The molecule has 3 atom stereocenters. The lowest BCUT2D eigenvalue weighted by molar-refractivity contribution is 0.0229. The van der Waals surface area contributed by atoms with E-state index in [1.807, 2.05) is 0 Å². The molecule has 0 aliphatic carbocycles. The Balaban J connectivity index is 2.16. The van der Waals surface area contributed by atoms with E-state index in [0.29, 0.717) is 21.4 Å². The Morgan fingerprint density at radius 2 is 2.11 bits per heavy atom. The number of aliphatic hydroxyl groups is 2. The Hall–Kier alpha value is -0.850. The average molecular weight is 289 g/mol. The zero-order valence-corrected chi connectivity index (χ0v) is 10.6. The van der Waals surface area contributed by atoms with Crippen molar-refractivity contribution >= 4 is 28.8 Å². The van der Waals surface area contributed by atoms with Gasteiger partial charge in [0.1, 0.15) is 29.1 Å². The highest BCUT2D eigenvalue weighted by molar-refractivity contribution is 6.31. The number of hydrogen-bond donors (Lipinski definition) is 2. The molecule has 3 heterocycles. The van der Waals surface area contributed by atoms with Crippen LogP contribution in [0, 0.1) is 0 Å². The van der Waals surface area contributed by atoms with E-state index < -0.39 is 18.3 Å². The van der Waals surface area contributed by atoms with Crippen molar-refractivity contribution in [1.82, 2.24) is 9.38 Å². The molecule has 0 radical (unpaired) electrons. The Morgan fingerprint density at radius 1 is 1.33 bits per heavy atom. The summed E-state index contributed by atoms with van der Waals surface area (Å²) in [7, 11) is 0. The number of imidazole rings is 1. The van der Waals surface area contributed by atoms with Gasteiger partial charge in [-0.3, -0.25) is 0 Å². The number of fused-ring (bicyclic) bond motifs is 1. The van der Waals surface area contributed by atoms with Crippen LogP contribution in [0.15, 0.2) is 18.5 Å². The van der Waals surface area contributed by atoms with Gasteiger partial charge in [-0.1, -0.05) is 23.2 Å². The molecule has 2 N–H and O–H groups in total. The number of ether oxygens (including phenoxy) is 1. The second-order valence-corrected chi connectivity index (χ2v) is 5.04. The van der Waals surface area contributed by atoms with E-state index in [0.717, 1.165) is 0 Å². The van der Waals surface area contributed by atoms with Gasteiger partial charge >= 0.3 is 0 Å². The molecule has 18 heavy (non-hydrogen) atoms. The SMILES string of the molecule is O[C@@H]1C(c2cc(Cl)cn3cc(Cl)nc23)OC[C@@H]1O. The maximum atomic E-state index is 9.88. The van der Waals surface area contributed by atoms with Crippen molar-refractivity contribution < 1.29 is 14.9 Å². The van der Waals surface area contributed by atoms with Gasteiger partial charge in [-0.2, -0.15) is 0 Å². The van der Waals surface area contributed by atoms with Gasteiger partial charge in [-0.05, 0) is 6.07 Å². The molecule has 2 aromatic heterocycles. The maximum absolute atomic E-state index is 9.88. The van der Waals surface area contributed by atoms with Crippen LogP contribution in [0.25, 0.3) is 5.65 Å². The summed E-state index contributed by atoms with van der Waals surface area (Å²) < 4.78 is 7.05. The van der Waals surface area contributed by atoms with Crippen molar-refractivity contribution in [3.8, 4) is 0 Å². The third kappa shape index (κ3) is 1.88. The van der Waals surface area contributed by atoms with Crippen molar-refractivity contribution in [1.29, 1.82) is 0 Å². The third-order valence-corrected chi connectivity index (χ3v) is 3.36. The van der Waals surface area contributed by atoms with E-state index >= 15 is 0 Å². The molecule has 0 amide bonds. The van der Waals surface area contributed by atoms with Crippen LogP contribution in [-0.4, -0.2) is 38.4 Å². The Labute approximate surface area is 113 Å². The monoisotopic (exact) mass is 288 g/mol.